The van der Waals surface area contributed by atoms with Crippen LogP contribution in [0, 0.1) is 11.3 Å². The average Bonchev–Trinajstić information content (AvgIpc) is 2.73. The van der Waals surface area contributed by atoms with Crippen LogP contribution >= 0.6 is 15.9 Å². The molecule has 1 atom stereocenters. The molecule has 7 nitrogen and oxygen atoms in total. The summed E-state index contributed by atoms with van der Waals surface area (Å²) in [5, 5.41) is 9.58. The van der Waals surface area contributed by atoms with E-state index in [4.69, 9.17) is 14.7 Å². The van der Waals surface area contributed by atoms with Gasteiger partial charge in [0.25, 0.3) is 0 Å². The van der Waals surface area contributed by atoms with E-state index in [-0.39, 0.29) is 22.1 Å². The van der Waals surface area contributed by atoms with Crippen molar-refractivity contribution in [2.45, 2.75) is 10.8 Å². The Labute approximate surface area is 181 Å². The zero-order chi connectivity index (χ0) is 21.3. The van der Waals surface area contributed by atoms with Gasteiger partial charge in [-0.15, -0.1) is 0 Å². The molecule has 0 amide bonds. The Kier molecular flexibility index (Phi) is 5.20. The molecule has 1 aromatic heterocycles. The Balaban J connectivity index is 1.72. The fraction of sp³-hybridized carbons (Fsp3) is 0.0476. The second-order valence-corrected chi connectivity index (χ2v) is 8.86. The maximum Gasteiger partial charge on any atom is 0.339 e. The second-order valence-electron chi connectivity index (χ2n) is 6.40. The normalized spacial score (nSPS) is 15.7. The third kappa shape index (κ3) is 3.75. The number of hydrogen-bond acceptors (Lipinski definition) is 7. The maximum atomic E-state index is 12.6. The third-order valence-electron chi connectivity index (χ3n) is 4.54. The molecule has 1 unspecified atom stereocenters. The molecule has 3 aromatic rings. The number of benzene rings is 2. The molecule has 150 valence electrons. The lowest BCUT2D eigenvalue weighted by Gasteiger charge is -2.26. The number of aromatic nitrogens is 1. The summed E-state index contributed by atoms with van der Waals surface area (Å²) in [5.74, 6) is -0.117. The zero-order valence-corrected chi connectivity index (χ0v) is 17.7. The van der Waals surface area contributed by atoms with Crippen molar-refractivity contribution in [2.24, 2.45) is 5.73 Å². The summed E-state index contributed by atoms with van der Waals surface area (Å²) >= 11 is 3.27. The molecule has 1 aliphatic rings. The van der Waals surface area contributed by atoms with Gasteiger partial charge in [0.1, 0.15) is 28.0 Å². The van der Waals surface area contributed by atoms with Gasteiger partial charge in [-0.1, -0.05) is 22.0 Å². The Hall–Kier alpha value is -3.35. The van der Waals surface area contributed by atoms with Gasteiger partial charge in [-0.05, 0) is 48.0 Å². The molecule has 2 aromatic carbocycles. The van der Waals surface area contributed by atoms with Gasteiger partial charge in [-0.3, -0.25) is 4.98 Å². The number of hydrogen-bond donors (Lipinski definition) is 1. The first kappa shape index (κ1) is 19.9. The Morgan fingerprint density at radius 3 is 2.47 bits per heavy atom. The maximum absolute atomic E-state index is 12.6. The van der Waals surface area contributed by atoms with Gasteiger partial charge in [0.2, 0.25) is 5.88 Å². The average molecular weight is 484 g/mol. The first-order valence-electron chi connectivity index (χ1n) is 8.70. The van der Waals surface area contributed by atoms with E-state index in [1.54, 1.807) is 42.7 Å². The van der Waals surface area contributed by atoms with Crippen LogP contribution in [0.15, 0.2) is 87.8 Å². The minimum atomic E-state index is -4.03. The van der Waals surface area contributed by atoms with Crippen LogP contribution in [0.25, 0.3) is 0 Å². The van der Waals surface area contributed by atoms with Gasteiger partial charge in [0.05, 0.1) is 5.92 Å². The summed E-state index contributed by atoms with van der Waals surface area (Å²) in [6, 6.07) is 16.4. The van der Waals surface area contributed by atoms with Gasteiger partial charge in [0.15, 0.2) is 0 Å². The molecule has 4 rings (SSSR count). The highest BCUT2D eigenvalue weighted by atomic mass is 79.9. The number of nitrogens with two attached hydrogens (primary N) is 1. The van der Waals surface area contributed by atoms with Crippen molar-refractivity contribution in [2.75, 3.05) is 0 Å². The van der Waals surface area contributed by atoms with Crippen molar-refractivity contribution in [1.82, 2.24) is 4.98 Å². The molecule has 0 saturated carbocycles. The Morgan fingerprint density at radius 2 is 1.80 bits per heavy atom. The summed E-state index contributed by atoms with van der Waals surface area (Å²) in [6.45, 7) is 0. The third-order valence-corrected chi connectivity index (χ3v) is 6.33. The molecule has 0 fully saturated rings. The van der Waals surface area contributed by atoms with Crippen LogP contribution in [-0.4, -0.2) is 13.4 Å². The number of allylic oxidation sites excluding steroid dienone is 1. The summed E-state index contributed by atoms with van der Waals surface area (Å²) in [4.78, 5) is 4.02. The molecule has 1 aliphatic heterocycles. The van der Waals surface area contributed by atoms with Gasteiger partial charge in [-0.2, -0.15) is 13.7 Å². The molecule has 30 heavy (non-hydrogen) atoms. The van der Waals surface area contributed by atoms with Gasteiger partial charge in [0, 0.05) is 28.5 Å². The highest BCUT2D eigenvalue weighted by Gasteiger charge is 2.31. The van der Waals surface area contributed by atoms with Crippen molar-refractivity contribution in [3.05, 3.63) is 94.0 Å². The SMILES string of the molecule is N#CC1=C(N)Oc2cc(OS(=O)(=O)c3ccc(Br)cc3)ccc2C1c1ccncc1. The lowest BCUT2D eigenvalue weighted by Crippen LogP contribution is -2.21. The van der Waals surface area contributed by atoms with Crippen LogP contribution < -0.4 is 14.7 Å². The van der Waals surface area contributed by atoms with Crippen molar-refractivity contribution in [3.63, 3.8) is 0 Å². The van der Waals surface area contributed by atoms with Crippen LogP contribution in [0.4, 0.5) is 0 Å². The van der Waals surface area contributed by atoms with Crippen LogP contribution in [-0.2, 0) is 10.1 Å². The minimum absolute atomic E-state index is 0.0187. The molecule has 9 heteroatoms. The van der Waals surface area contributed by atoms with Crippen molar-refractivity contribution < 1.29 is 17.3 Å². The molecule has 0 spiro atoms. The predicted molar refractivity (Wildman–Crippen MR) is 112 cm³/mol. The van der Waals surface area contributed by atoms with E-state index in [1.807, 2.05) is 0 Å². The topological polar surface area (TPSA) is 115 Å². The highest BCUT2D eigenvalue weighted by molar-refractivity contribution is 9.10. The molecule has 2 N–H and O–H groups in total. The standard InChI is InChI=1S/C21H14BrN3O4S/c22-14-1-4-16(5-2-14)30(26,27)29-15-3-6-17-19(11-15)28-21(24)18(12-23)20(17)13-7-9-25-10-8-13/h1-11,20H,24H2. The fourth-order valence-corrected chi connectivity index (χ4v) is 4.35. The van der Waals surface area contributed by atoms with E-state index in [0.717, 1.165) is 10.0 Å². The number of nitriles is 1. The lowest BCUT2D eigenvalue weighted by atomic mass is 9.84. The molecule has 0 saturated heterocycles. The quantitative estimate of drug-likeness (QED) is 0.560. The van der Waals surface area contributed by atoms with Gasteiger partial charge < -0.3 is 14.7 Å². The van der Waals surface area contributed by atoms with E-state index < -0.39 is 16.0 Å². The summed E-state index contributed by atoms with van der Waals surface area (Å²) < 4.78 is 36.8. The van der Waals surface area contributed by atoms with Crippen molar-refractivity contribution in [1.29, 1.82) is 5.26 Å². The molecule has 2 heterocycles. The summed E-state index contributed by atoms with van der Waals surface area (Å²) in [7, 11) is -4.03. The van der Waals surface area contributed by atoms with E-state index in [0.29, 0.717) is 11.3 Å². The van der Waals surface area contributed by atoms with E-state index >= 15 is 0 Å². The minimum Gasteiger partial charge on any atom is -0.440 e. The number of halogens is 1. The summed E-state index contributed by atoms with van der Waals surface area (Å²) in [6.07, 6.45) is 3.25. The number of rotatable bonds is 4. The smallest absolute Gasteiger partial charge is 0.339 e. The number of fused-ring (bicyclic) bond motifs is 1. The molecular weight excluding hydrogens is 470 g/mol. The zero-order valence-electron chi connectivity index (χ0n) is 15.3. The number of pyridine rings is 1. The van der Waals surface area contributed by atoms with Crippen molar-refractivity contribution in [3.8, 4) is 17.6 Å². The number of ether oxygens (including phenoxy) is 1. The van der Waals surface area contributed by atoms with Crippen LogP contribution in [0.5, 0.6) is 11.5 Å². The van der Waals surface area contributed by atoms with Crippen molar-refractivity contribution >= 4 is 26.0 Å². The predicted octanol–water partition coefficient (Wildman–Crippen LogP) is 3.83. The van der Waals surface area contributed by atoms with Gasteiger partial charge in [-0.25, -0.2) is 0 Å². The first-order valence-corrected chi connectivity index (χ1v) is 10.9. The Morgan fingerprint density at radius 1 is 1.10 bits per heavy atom. The molecular formula is C21H14BrN3O4S. The van der Waals surface area contributed by atoms with E-state index in [1.165, 1.54) is 24.3 Å². The van der Waals surface area contributed by atoms with E-state index in [9.17, 15) is 13.7 Å². The lowest BCUT2D eigenvalue weighted by molar-refractivity contribution is 0.391. The molecule has 0 bridgehead atoms. The molecule has 0 aliphatic carbocycles. The largest absolute Gasteiger partial charge is 0.440 e. The first-order chi connectivity index (χ1) is 14.4. The van der Waals surface area contributed by atoms with Crippen LogP contribution in [0.2, 0.25) is 0 Å². The Bertz CT molecular complexity index is 1280. The summed E-state index contributed by atoms with van der Waals surface area (Å²) in [5.41, 5.74) is 7.72. The fourth-order valence-electron chi connectivity index (χ4n) is 3.16. The monoisotopic (exact) mass is 483 g/mol. The van der Waals surface area contributed by atoms with E-state index in [2.05, 4.69) is 27.0 Å². The molecule has 0 radical (unpaired) electrons. The highest BCUT2D eigenvalue weighted by Crippen LogP contribution is 2.43. The van der Waals surface area contributed by atoms with Crippen LogP contribution in [0.3, 0.4) is 0 Å². The number of nitrogens with zero attached hydrogens (tertiary/aromatic N) is 2. The second kappa shape index (κ2) is 7.82. The van der Waals surface area contributed by atoms with Gasteiger partial charge >= 0.3 is 10.1 Å². The van der Waals surface area contributed by atoms with Crippen LogP contribution in [0.1, 0.15) is 17.0 Å².